The fraction of sp³-hybridized carbons (Fsp3) is 0.875. The minimum atomic E-state index is 0.0677. The third kappa shape index (κ3) is 0.385. The van der Waals surface area contributed by atoms with Gasteiger partial charge >= 0.3 is 0 Å². The van der Waals surface area contributed by atoms with Crippen molar-refractivity contribution in [2.45, 2.75) is 29.8 Å². The van der Waals surface area contributed by atoms with Gasteiger partial charge in [0.1, 0.15) is 0 Å². The van der Waals surface area contributed by atoms with E-state index in [2.05, 4.69) is 6.92 Å². The van der Waals surface area contributed by atoms with Gasteiger partial charge in [0.15, 0.2) is 5.78 Å². The summed E-state index contributed by atoms with van der Waals surface area (Å²) < 4.78 is 0.0677. The average Bonchev–Trinajstić information content (AvgIpc) is 2.19. The molecule has 4 unspecified atom stereocenters. The number of carbonyl (C=O) groups excluding carboxylic acids is 1. The molecule has 0 radical (unpaired) electrons. The van der Waals surface area contributed by atoms with Gasteiger partial charge < -0.3 is 0 Å². The fourth-order valence-electron chi connectivity index (χ4n) is 2.76. The van der Waals surface area contributed by atoms with Crippen LogP contribution in [-0.2, 0) is 4.79 Å². The SMILES string of the molecule is CC12CC3CC(C1=O)C3S2. The lowest BCUT2D eigenvalue weighted by Gasteiger charge is -2.40. The number of Topliss-reactive ketones (excluding diaryl/α,β-unsaturated/α-hetero) is 1. The summed E-state index contributed by atoms with van der Waals surface area (Å²) in [7, 11) is 0. The average molecular weight is 154 g/mol. The maximum Gasteiger partial charge on any atom is 0.152 e. The van der Waals surface area contributed by atoms with Gasteiger partial charge in [0.25, 0.3) is 0 Å². The third-order valence-electron chi connectivity index (χ3n) is 3.32. The van der Waals surface area contributed by atoms with Gasteiger partial charge in [0.05, 0.1) is 4.75 Å². The number of hydrogen-bond donors (Lipinski definition) is 0. The highest BCUT2D eigenvalue weighted by molar-refractivity contribution is 8.03. The second kappa shape index (κ2) is 1.31. The first-order valence-electron chi connectivity index (χ1n) is 3.93. The predicted octanol–water partition coefficient (Wildman–Crippen LogP) is 1.47. The van der Waals surface area contributed by atoms with Crippen molar-refractivity contribution < 1.29 is 4.79 Å². The zero-order valence-electron chi connectivity index (χ0n) is 5.96. The second-order valence-electron chi connectivity index (χ2n) is 3.98. The van der Waals surface area contributed by atoms with E-state index >= 15 is 0 Å². The van der Waals surface area contributed by atoms with Crippen LogP contribution in [0.1, 0.15) is 19.8 Å². The summed E-state index contributed by atoms with van der Waals surface area (Å²) in [5.74, 6) is 1.96. The standard InChI is InChI=1S/C8H10OS/c1-8-3-4-2-5(7(8)9)6(4)10-8/h4-6H,2-3H2,1H3. The Bertz CT molecular complexity index is 221. The van der Waals surface area contributed by atoms with Crippen LogP contribution in [0.5, 0.6) is 0 Å². The molecule has 0 amide bonds. The van der Waals surface area contributed by atoms with E-state index in [1.807, 2.05) is 11.8 Å². The van der Waals surface area contributed by atoms with Crippen LogP contribution in [0.3, 0.4) is 0 Å². The Balaban J connectivity index is 2.12. The molecule has 1 saturated carbocycles. The minimum Gasteiger partial charge on any atom is -0.298 e. The number of thioether (sulfide) groups is 1. The Morgan fingerprint density at radius 2 is 2.50 bits per heavy atom. The number of fused-ring (bicyclic) bond motifs is 1. The molecule has 0 aromatic heterocycles. The van der Waals surface area contributed by atoms with E-state index in [1.54, 1.807) is 0 Å². The fourth-order valence-corrected chi connectivity index (χ4v) is 4.74. The Hall–Kier alpha value is 0.0200. The van der Waals surface area contributed by atoms with E-state index in [4.69, 9.17) is 0 Å². The van der Waals surface area contributed by atoms with Crippen molar-refractivity contribution in [1.82, 2.24) is 0 Å². The molecule has 2 heterocycles. The molecule has 54 valence electrons. The van der Waals surface area contributed by atoms with Crippen molar-refractivity contribution in [2.75, 3.05) is 0 Å². The zero-order chi connectivity index (χ0) is 6.93. The molecule has 0 aromatic carbocycles. The molecule has 4 atom stereocenters. The lowest BCUT2D eigenvalue weighted by atomic mass is 9.61. The highest BCUT2D eigenvalue weighted by Crippen LogP contribution is 2.66. The van der Waals surface area contributed by atoms with Gasteiger partial charge in [-0.1, -0.05) is 0 Å². The maximum atomic E-state index is 11.5. The summed E-state index contributed by atoms with van der Waals surface area (Å²) in [6.07, 6.45) is 2.39. The van der Waals surface area contributed by atoms with E-state index in [-0.39, 0.29) is 4.75 Å². The highest BCUT2D eigenvalue weighted by Gasteiger charge is 2.66. The maximum absolute atomic E-state index is 11.5. The first-order valence-corrected chi connectivity index (χ1v) is 4.81. The molecular weight excluding hydrogens is 144 g/mol. The van der Waals surface area contributed by atoms with Gasteiger partial charge in [0, 0.05) is 11.2 Å². The molecular formula is C8H10OS. The van der Waals surface area contributed by atoms with Crippen molar-refractivity contribution in [2.24, 2.45) is 11.8 Å². The van der Waals surface area contributed by atoms with Crippen molar-refractivity contribution in [3.8, 4) is 0 Å². The van der Waals surface area contributed by atoms with Gasteiger partial charge in [-0.3, -0.25) is 4.79 Å². The molecule has 1 nitrogen and oxygen atoms in total. The first kappa shape index (κ1) is 5.64. The lowest BCUT2D eigenvalue weighted by Crippen LogP contribution is -2.48. The van der Waals surface area contributed by atoms with Crippen LogP contribution < -0.4 is 0 Å². The first-order chi connectivity index (χ1) is 4.71. The van der Waals surface area contributed by atoms with E-state index in [9.17, 15) is 4.79 Å². The molecule has 0 N–H and O–H groups in total. The smallest absolute Gasteiger partial charge is 0.152 e. The molecule has 2 aliphatic heterocycles. The van der Waals surface area contributed by atoms with E-state index in [1.165, 1.54) is 12.8 Å². The molecule has 0 aromatic rings. The Morgan fingerprint density at radius 1 is 1.70 bits per heavy atom. The molecule has 10 heavy (non-hydrogen) atoms. The zero-order valence-corrected chi connectivity index (χ0v) is 6.78. The van der Waals surface area contributed by atoms with Crippen LogP contribution in [-0.4, -0.2) is 15.8 Å². The van der Waals surface area contributed by atoms with E-state index in [0.29, 0.717) is 11.7 Å². The molecule has 2 saturated heterocycles. The minimum absolute atomic E-state index is 0.0677. The third-order valence-corrected chi connectivity index (χ3v) is 5.20. The van der Waals surface area contributed by atoms with E-state index in [0.717, 1.165) is 11.2 Å². The molecule has 3 rings (SSSR count). The predicted molar refractivity (Wildman–Crippen MR) is 41.0 cm³/mol. The number of hydrogen-bond acceptors (Lipinski definition) is 2. The molecule has 1 aliphatic carbocycles. The van der Waals surface area contributed by atoms with Crippen LogP contribution >= 0.6 is 11.8 Å². The second-order valence-corrected chi connectivity index (χ2v) is 5.67. The van der Waals surface area contributed by atoms with Crippen molar-refractivity contribution in [3.63, 3.8) is 0 Å². The summed E-state index contributed by atoms with van der Waals surface area (Å²) in [4.78, 5) is 11.5. The van der Waals surface area contributed by atoms with Gasteiger partial charge in [-0.05, 0) is 25.7 Å². The van der Waals surface area contributed by atoms with E-state index < -0.39 is 0 Å². The van der Waals surface area contributed by atoms with Crippen LogP contribution in [0, 0.1) is 11.8 Å². The Labute approximate surface area is 64.6 Å². The molecule has 0 spiro atoms. The van der Waals surface area contributed by atoms with Crippen molar-refractivity contribution in [3.05, 3.63) is 0 Å². The van der Waals surface area contributed by atoms with Gasteiger partial charge in [-0.15, -0.1) is 11.8 Å². The monoisotopic (exact) mass is 154 g/mol. The summed E-state index contributed by atoms with van der Waals surface area (Å²) in [6, 6.07) is 0. The normalized spacial score (nSPS) is 62.9. The summed E-state index contributed by atoms with van der Waals surface area (Å²) in [6.45, 7) is 2.13. The number of rotatable bonds is 0. The van der Waals surface area contributed by atoms with Gasteiger partial charge in [-0.2, -0.15) is 0 Å². The highest BCUT2D eigenvalue weighted by atomic mass is 32.2. The Morgan fingerprint density at radius 3 is 2.80 bits per heavy atom. The molecule has 3 fully saturated rings. The molecule has 2 heteroatoms. The number of carbonyl (C=O) groups is 1. The number of ketones is 1. The van der Waals surface area contributed by atoms with Crippen LogP contribution in [0.25, 0.3) is 0 Å². The summed E-state index contributed by atoms with van der Waals surface area (Å²) in [5.41, 5.74) is 0. The van der Waals surface area contributed by atoms with Crippen LogP contribution in [0.4, 0.5) is 0 Å². The van der Waals surface area contributed by atoms with Crippen LogP contribution in [0.2, 0.25) is 0 Å². The quantitative estimate of drug-likeness (QED) is 0.525. The Kier molecular flexibility index (Phi) is 0.741. The molecule has 2 bridgehead atoms. The molecule has 3 aliphatic rings. The van der Waals surface area contributed by atoms with Crippen molar-refractivity contribution in [1.29, 1.82) is 0 Å². The van der Waals surface area contributed by atoms with Crippen molar-refractivity contribution >= 4 is 17.5 Å². The lowest BCUT2D eigenvalue weighted by molar-refractivity contribution is -0.131. The summed E-state index contributed by atoms with van der Waals surface area (Å²) in [5, 5.41) is 0.748. The van der Waals surface area contributed by atoms with Gasteiger partial charge in [-0.25, -0.2) is 0 Å². The van der Waals surface area contributed by atoms with Gasteiger partial charge in [0.2, 0.25) is 0 Å². The topological polar surface area (TPSA) is 17.1 Å². The van der Waals surface area contributed by atoms with Crippen LogP contribution in [0.15, 0.2) is 0 Å². The largest absolute Gasteiger partial charge is 0.298 e. The summed E-state index contributed by atoms with van der Waals surface area (Å²) >= 11 is 1.95.